The van der Waals surface area contributed by atoms with Gasteiger partial charge in [0.2, 0.25) is 0 Å². The average molecular weight is 323 g/mol. The zero-order valence-electron chi connectivity index (χ0n) is 14.3. The Labute approximate surface area is 142 Å². The number of nitrogens with zero attached hydrogens (tertiary/aromatic N) is 1. The Morgan fingerprint density at radius 2 is 1.79 bits per heavy atom. The molecule has 2 aromatic carbocycles. The SMILES string of the molecule is COC(=O)c1cccc2c1CCCN2C(=O)c1cc(C)cc(C)c1. The minimum atomic E-state index is -0.354. The molecule has 1 aliphatic heterocycles. The van der Waals surface area contributed by atoms with Crippen molar-refractivity contribution in [2.45, 2.75) is 26.7 Å². The first-order valence-electron chi connectivity index (χ1n) is 8.11. The molecule has 1 amide bonds. The second-order valence-electron chi connectivity index (χ2n) is 6.23. The molecule has 0 saturated heterocycles. The summed E-state index contributed by atoms with van der Waals surface area (Å²) in [5, 5.41) is 0. The Hall–Kier alpha value is -2.62. The van der Waals surface area contributed by atoms with Gasteiger partial charge in [0, 0.05) is 17.8 Å². The molecule has 0 bridgehead atoms. The van der Waals surface area contributed by atoms with Gasteiger partial charge in [-0.2, -0.15) is 0 Å². The first-order valence-corrected chi connectivity index (χ1v) is 8.11. The number of benzene rings is 2. The summed E-state index contributed by atoms with van der Waals surface area (Å²) in [5.74, 6) is -0.377. The standard InChI is InChI=1S/C20H21NO3/c1-13-10-14(2)12-15(11-13)19(22)21-9-5-7-16-17(20(23)24-3)6-4-8-18(16)21/h4,6,8,10-12H,5,7,9H2,1-3H3. The maximum Gasteiger partial charge on any atom is 0.338 e. The highest BCUT2D eigenvalue weighted by atomic mass is 16.5. The molecule has 0 radical (unpaired) electrons. The zero-order valence-corrected chi connectivity index (χ0v) is 14.3. The predicted octanol–water partition coefficient (Wildman–Crippen LogP) is 3.68. The third kappa shape index (κ3) is 2.92. The van der Waals surface area contributed by atoms with Crippen molar-refractivity contribution in [3.05, 3.63) is 64.2 Å². The summed E-state index contributed by atoms with van der Waals surface area (Å²) in [5.41, 5.74) is 5.08. The maximum absolute atomic E-state index is 13.0. The van der Waals surface area contributed by atoms with Crippen LogP contribution in [0.5, 0.6) is 0 Å². The van der Waals surface area contributed by atoms with Gasteiger partial charge in [-0.3, -0.25) is 4.79 Å². The molecule has 124 valence electrons. The van der Waals surface area contributed by atoms with Crippen molar-refractivity contribution in [3.63, 3.8) is 0 Å². The Bertz CT molecular complexity index is 790. The Morgan fingerprint density at radius 1 is 1.08 bits per heavy atom. The number of hydrogen-bond acceptors (Lipinski definition) is 3. The number of carbonyl (C=O) groups is 2. The summed E-state index contributed by atoms with van der Waals surface area (Å²) in [6.45, 7) is 4.63. The lowest BCUT2D eigenvalue weighted by atomic mass is 9.95. The molecule has 4 nitrogen and oxygen atoms in total. The summed E-state index contributed by atoms with van der Waals surface area (Å²) in [6.07, 6.45) is 1.61. The van der Waals surface area contributed by atoms with Crippen LogP contribution in [0.1, 0.15) is 43.8 Å². The van der Waals surface area contributed by atoms with Crippen molar-refractivity contribution in [1.29, 1.82) is 0 Å². The molecule has 0 spiro atoms. The number of anilines is 1. The van der Waals surface area contributed by atoms with Crippen molar-refractivity contribution in [3.8, 4) is 0 Å². The largest absolute Gasteiger partial charge is 0.465 e. The van der Waals surface area contributed by atoms with Crippen LogP contribution in [0.4, 0.5) is 5.69 Å². The van der Waals surface area contributed by atoms with E-state index >= 15 is 0 Å². The van der Waals surface area contributed by atoms with E-state index in [1.807, 2.05) is 32.0 Å². The molecule has 0 aromatic heterocycles. The van der Waals surface area contributed by atoms with Crippen LogP contribution in [-0.2, 0) is 11.2 Å². The predicted molar refractivity (Wildman–Crippen MR) is 93.7 cm³/mol. The van der Waals surface area contributed by atoms with E-state index in [2.05, 4.69) is 6.07 Å². The van der Waals surface area contributed by atoms with Crippen LogP contribution < -0.4 is 4.90 Å². The number of aryl methyl sites for hydroxylation is 2. The number of rotatable bonds is 2. The number of ether oxygens (including phenoxy) is 1. The van der Waals surface area contributed by atoms with Gasteiger partial charge in [0.05, 0.1) is 12.7 Å². The van der Waals surface area contributed by atoms with Gasteiger partial charge >= 0.3 is 5.97 Å². The average Bonchev–Trinajstić information content (AvgIpc) is 2.58. The van der Waals surface area contributed by atoms with Gasteiger partial charge in [-0.25, -0.2) is 4.79 Å². The second kappa shape index (κ2) is 6.48. The van der Waals surface area contributed by atoms with Gasteiger partial charge in [0.25, 0.3) is 5.91 Å². The highest BCUT2D eigenvalue weighted by molar-refractivity contribution is 6.08. The van der Waals surface area contributed by atoms with Gasteiger partial charge in [0.1, 0.15) is 0 Å². The summed E-state index contributed by atoms with van der Waals surface area (Å²) < 4.78 is 4.87. The first-order chi connectivity index (χ1) is 11.5. The van der Waals surface area contributed by atoms with Crippen molar-refractivity contribution in [1.82, 2.24) is 0 Å². The van der Waals surface area contributed by atoms with Crippen LogP contribution in [0.2, 0.25) is 0 Å². The van der Waals surface area contributed by atoms with E-state index in [9.17, 15) is 9.59 Å². The molecule has 4 heteroatoms. The molecule has 0 saturated carbocycles. The van der Waals surface area contributed by atoms with E-state index in [1.54, 1.807) is 17.0 Å². The topological polar surface area (TPSA) is 46.6 Å². The van der Waals surface area contributed by atoms with Crippen molar-refractivity contribution >= 4 is 17.6 Å². The first kappa shape index (κ1) is 16.2. The third-order valence-electron chi connectivity index (χ3n) is 4.37. The summed E-state index contributed by atoms with van der Waals surface area (Å²) >= 11 is 0. The smallest absolute Gasteiger partial charge is 0.338 e. The van der Waals surface area contributed by atoms with Crippen LogP contribution in [0, 0.1) is 13.8 Å². The molecular formula is C20H21NO3. The Morgan fingerprint density at radius 3 is 2.46 bits per heavy atom. The van der Waals surface area contributed by atoms with E-state index < -0.39 is 0 Å². The van der Waals surface area contributed by atoms with E-state index in [4.69, 9.17) is 4.74 Å². The number of methoxy groups -OCH3 is 1. The molecule has 3 rings (SSSR count). The molecule has 0 N–H and O–H groups in total. The van der Waals surface area contributed by atoms with Crippen molar-refractivity contribution in [2.75, 3.05) is 18.6 Å². The van der Waals surface area contributed by atoms with Crippen LogP contribution in [0.25, 0.3) is 0 Å². The van der Waals surface area contributed by atoms with Crippen LogP contribution in [-0.4, -0.2) is 25.5 Å². The number of esters is 1. The van der Waals surface area contributed by atoms with Crippen LogP contribution >= 0.6 is 0 Å². The van der Waals surface area contributed by atoms with Crippen LogP contribution in [0.15, 0.2) is 36.4 Å². The highest BCUT2D eigenvalue weighted by Gasteiger charge is 2.27. The summed E-state index contributed by atoms with van der Waals surface area (Å²) in [4.78, 5) is 26.8. The van der Waals surface area contributed by atoms with Crippen LogP contribution in [0.3, 0.4) is 0 Å². The Kier molecular flexibility index (Phi) is 4.38. The monoisotopic (exact) mass is 323 g/mol. The minimum absolute atomic E-state index is 0.0234. The summed E-state index contributed by atoms with van der Waals surface area (Å²) in [6, 6.07) is 11.3. The lowest BCUT2D eigenvalue weighted by molar-refractivity contribution is 0.0599. The van der Waals surface area contributed by atoms with Gasteiger partial charge in [-0.05, 0) is 56.5 Å². The fourth-order valence-electron chi connectivity index (χ4n) is 3.39. The number of hydrogen-bond donors (Lipinski definition) is 0. The molecule has 0 fully saturated rings. The Balaban J connectivity index is 2.03. The van der Waals surface area contributed by atoms with E-state index in [-0.39, 0.29) is 11.9 Å². The zero-order chi connectivity index (χ0) is 17.3. The van der Waals surface area contributed by atoms with E-state index in [0.717, 1.165) is 35.2 Å². The lowest BCUT2D eigenvalue weighted by Crippen LogP contribution is -2.36. The highest BCUT2D eigenvalue weighted by Crippen LogP contribution is 2.31. The lowest BCUT2D eigenvalue weighted by Gasteiger charge is -2.30. The quantitative estimate of drug-likeness (QED) is 0.792. The van der Waals surface area contributed by atoms with Gasteiger partial charge in [-0.15, -0.1) is 0 Å². The second-order valence-corrected chi connectivity index (χ2v) is 6.23. The van der Waals surface area contributed by atoms with Gasteiger partial charge in [-0.1, -0.05) is 23.3 Å². The van der Waals surface area contributed by atoms with E-state index in [0.29, 0.717) is 17.7 Å². The number of amides is 1. The van der Waals surface area contributed by atoms with Crippen molar-refractivity contribution in [2.24, 2.45) is 0 Å². The van der Waals surface area contributed by atoms with Gasteiger partial charge in [0.15, 0.2) is 0 Å². The number of fused-ring (bicyclic) bond motifs is 1. The maximum atomic E-state index is 13.0. The molecule has 0 unspecified atom stereocenters. The van der Waals surface area contributed by atoms with Crippen molar-refractivity contribution < 1.29 is 14.3 Å². The number of carbonyl (C=O) groups excluding carboxylic acids is 2. The molecule has 2 aromatic rings. The summed E-state index contributed by atoms with van der Waals surface area (Å²) in [7, 11) is 1.38. The molecule has 0 aliphatic carbocycles. The molecule has 1 aliphatic rings. The molecule has 1 heterocycles. The molecule has 24 heavy (non-hydrogen) atoms. The fraction of sp³-hybridized carbons (Fsp3) is 0.300. The molecular weight excluding hydrogens is 302 g/mol. The molecule has 0 atom stereocenters. The van der Waals surface area contributed by atoms with Gasteiger partial charge < -0.3 is 9.64 Å². The normalized spacial score (nSPS) is 13.4. The minimum Gasteiger partial charge on any atom is -0.465 e. The third-order valence-corrected chi connectivity index (χ3v) is 4.37. The van der Waals surface area contributed by atoms with E-state index in [1.165, 1.54) is 7.11 Å². The fourth-order valence-corrected chi connectivity index (χ4v) is 3.39.